The summed E-state index contributed by atoms with van der Waals surface area (Å²) in [4.78, 5) is 37.8. The molecule has 3 saturated carbocycles. The summed E-state index contributed by atoms with van der Waals surface area (Å²) < 4.78 is 80.7. The molecule has 9 N–H and O–H groups in total. The maximum absolute atomic E-state index is 12.8. The molecule has 80 heavy (non-hydrogen) atoms. The summed E-state index contributed by atoms with van der Waals surface area (Å²) >= 11 is 0. The summed E-state index contributed by atoms with van der Waals surface area (Å²) in [5.74, 6) is -4.21. The van der Waals surface area contributed by atoms with Crippen molar-refractivity contribution in [1.82, 2.24) is 0 Å². The molecular weight excluding hydrogens is 1060 g/mol. The topological polar surface area (TPSA) is 353 Å². The van der Waals surface area contributed by atoms with E-state index in [2.05, 4.69) is 26.5 Å². The Morgan fingerprint density at radius 1 is 0.650 bits per heavy atom. The van der Waals surface area contributed by atoms with Gasteiger partial charge in [0.2, 0.25) is 5.79 Å². The average Bonchev–Trinajstić information content (AvgIpc) is 4.09. The van der Waals surface area contributed by atoms with Gasteiger partial charge in [0.05, 0.1) is 50.3 Å². The van der Waals surface area contributed by atoms with Crippen molar-refractivity contribution in [3.05, 3.63) is 23.8 Å². The minimum Gasteiger partial charge on any atom is -0.456 e. The van der Waals surface area contributed by atoms with Gasteiger partial charge in [-0.3, -0.25) is 14.4 Å². The lowest BCUT2D eigenvalue weighted by Gasteiger charge is -2.60. The normalized spacial score (nSPS) is 52.9. The van der Waals surface area contributed by atoms with Crippen LogP contribution >= 0.6 is 0 Å². The van der Waals surface area contributed by atoms with Gasteiger partial charge in [0.1, 0.15) is 67.1 Å². The first-order chi connectivity index (χ1) is 37.7. The number of fused-ring (bicyclic) bond motifs is 7. The first kappa shape index (κ1) is 60.3. The molecule has 10 rings (SSSR count). The molecule has 0 aromatic heterocycles. The molecule has 0 aromatic carbocycles. The van der Waals surface area contributed by atoms with Crippen LogP contribution in [0.1, 0.15) is 93.9 Å². The van der Waals surface area contributed by atoms with Crippen LogP contribution in [0.25, 0.3) is 0 Å². The Bertz CT molecular complexity index is 2320. The van der Waals surface area contributed by atoms with Gasteiger partial charge in [-0.25, -0.2) is 0 Å². The Morgan fingerprint density at radius 2 is 1.27 bits per heavy atom. The minimum absolute atomic E-state index is 0.0179. The molecule has 4 aliphatic carbocycles. The molecular formula is C55H82O25. The number of allylic oxidation sites excluding steroid dienone is 1. The molecule has 6 aliphatic heterocycles. The fraction of sp³-hybridized carbons (Fsp3) is 0.873. The van der Waals surface area contributed by atoms with Gasteiger partial charge in [-0.1, -0.05) is 39.0 Å². The van der Waals surface area contributed by atoms with E-state index in [1.807, 2.05) is 6.92 Å². The van der Waals surface area contributed by atoms with E-state index >= 15 is 0 Å². The summed E-state index contributed by atoms with van der Waals surface area (Å²) in [6.07, 6.45) is -25.6. The zero-order chi connectivity index (χ0) is 57.8. The SMILES string of the molecule is C=C1CO[C@@]2(O[C@H]3CC4C5CC=C6C[C@@H](O)C[C@@H](O[C@@H]7OC[C@H](O)[C@H](O[C@@H]8OC[C@@H](O)[C@H](O)[C@H]8O)[C@H]7O[C@@H]7O[C@@H](C)[C@H](OC(C)=O)[C@@H](OC(C)=O)[C@H]7OC(C)=O)[C@]6(C)C5CC[C@]4(C)[C@@H]3[C@@H]2C)[C@@H](O)[C@H]1OC1OC(C)C(O)C(O)C1O. The highest BCUT2D eigenvalue weighted by Gasteiger charge is 2.72. The second-order valence-electron chi connectivity index (χ2n) is 24.6. The number of hydrogen-bond donors (Lipinski definition) is 9. The summed E-state index contributed by atoms with van der Waals surface area (Å²) in [5, 5.41) is 99.4. The molecule has 0 radical (unpaired) electrons. The van der Waals surface area contributed by atoms with Crippen LogP contribution in [0.2, 0.25) is 0 Å². The van der Waals surface area contributed by atoms with Gasteiger partial charge >= 0.3 is 17.9 Å². The largest absolute Gasteiger partial charge is 0.456 e. The van der Waals surface area contributed by atoms with Crippen molar-refractivity contribution in [3.63, 3.8) is 0 Å². The molecule has 9 fully saturated rings. The highest BCUT2D eigenvalue weighted by molar-refractivity contribution is 5.68. The Hall–Kier alpha value is -2.87. The molecule has 0 bridgehead atoms. The molecule has 25 nitrogen and oxygen atoms in total. The Balaban J connectivity index is 0.926. The number of hydrogen-bond acceptors (Lipinski definition) is 25. The van der Waals surface area contributed by atoms with Crippen molar-refractivity contribution >= 4 is 17.9 Å². The number of rotatable bonds is 11. The third kappa shape index (κ3) is 10.4. The second kappa shape index (κ2) is 22.9. The van der Waals surface area contributed by atoms with E-state index < -0.39 is 177 Å². The number of esters is 3. The quantitative estimate of drug-likeness (QED) is 0.0673. The van der Waals surface area contributed by atoms with Crippen molar-refractivity contribution in [2.45, 2.75) is 241 Å². The van der Waals surface area contributed by atoms with Crippen LogP contribution in [0.4, 0.5) is 0 Å². The number of aliphatic hydroxyl groups is 9. The molecule has 25 heteroatoms. The fourth-order valence-corrected chi connectivity index (χ4v) is 15.9. The van der Waals surface area contributed by atoms with Crippen LogP contribution in [0.3, 0.4) is 0 Å². The van der Waals surface area contributed by atoms with Gasteiger partial charge in [0.15, 0.2) is 43.5 Å². The summed E-state index contributed by atoms with van der Waals surface area (Å²) in [6.45, 7) is 16.1. The molecule has 452 valence electrons. The maximum atomic E-state index is 12.8. The van der Waals surface area contributed by atoms with Crippen molar-refractivity contribution in [1.29, 1.82) is 0 Å². The zero-order valence-corrected chi connectivity index (χ0v) is 46.4. The predicted molar refractivity (Wildman–Crippen MR) is 266 cm³/mol. The highest BCUT2D eigenvalue weighted by atomic mass is 16.8. The average molecular weight is 1140 g/mol. The van der Waals surface area contributed by atoms with E-state index in [4.69, 9.17) is 61.6 Å². The van der Waals surface area contributed by atoms with Gasteiger partial charge in [-0.2, -0.15) is 0 Å². The van der Waals surface area contributed by atoms with Gasteiger partial charge in [0.25, 0.3) is 0 Å². The Labute approximate surface area is 463 Å². The Morgan fingerprint density at radius 3 is 1.98 bits per heavy atom. The van der Waals surface area contributed by atoms with Crippen LogP contribution in [0, 0.1) is 40.4 Å². The lowest BCUT2D eigenvalue weighted by Crippen LogP contribution is -2.66. The predicted octanol–water partition coefficient (Wildman–Crippen LogP) is -1.11. The van der Waals surface area contributed by atoms with Crippen molar-refractivity contribution in [2.24, 2.45) is 40.4 Å². The molecule has 10 aliphatic rings. The fourth-order valence-electron chi connectivity index (χ4n) is 15.9. The van der Waals surface area contributed by atoms with Crippen LogP contribution in [-0.2, 0) is 76.0 Å². The first-order valence-electron chi connectivity index (χ1n) is 28.2. The van der Waals surface area contributed by atoms with Gasteiger partial charge in [-0.15, -0.1) is 0 Å². The minimum atomic E-state index is -1.81. The van der Waals surface area contributed by atoms with E-state index in [-0.39, 0.29) is 54.1 Å². The van der Waals surface area contributed by atoms with Gasteiger partial charge < -0.3 is 108 Å². The molecule has 0 amide bonds. The third-order valence-corrected chi connectivity index (χ3v) is 19.8. The summed E-state index contributed by atoms with van der Waals surface area (Å²) in [7, 11) is 0. The number of aliphatic hydroxyl groups excluding tert-OH is 9. The first-order valence-corrected chi connectivity index (χ1v) is 28.2. The number of carbonyl (C=O) groups is 3. The molecule has 8 unspecified atom stereocenters. The molecule has 6 heterocycles. The van der Waals surface area contributed by atoms with E-state index in [1.54, 1.807) is 6.92 Å². The van der Waals surface area contributed by atoms with E-state index in [9.17, 15) is 60.3 Å². The van der Waals surface area contributed by atoms with E-state index in [1.165, 1.54) is 6.92 Å². The number of ether oxygens (including phenoxy) is 13. The van der Waals surface area contributed by atoms with Crippen molar-refractivity contribution in [3.8, 4) is 0 Å². The van der Waals surface area contributed by atoms with Gasteiger partial charge in [-0.05, 0) is 80.6 Å². The van der Waals surface area contributed by atoms with Crippen molar-refractivity contribution in [2.75, 3.05) is 19.8 Å². The highest BCUT2D eigenvalue weighted by Crippen LogP contribution is 2.71. The maximum Gasteiger partial charge on any atom is 0.303 e. The van der Waals surface area contributed by atoms with E-state index in [0.717, 1.165) is 39.2 Å². The lowest BCUT2D eigenvalue weighted by atomic mass is 9.46. The summed E-state index contributed by atoms with van der Waals surface area (Å²) in [5.41, 5.74) is 0.319. The summed E-state index contributed by atoms with van der Waals surface area (Å²) in [6, 6.07) is 0. The molecule has 0 aromatic rings. The van der Waals surface area contributed by atoms with Crippen molar-refractivity contribution < 1.29 is 122 Å². The Kier molecular flexibility index (Phi) is 17.2. The molecule has 1 spiro atoms. The molecule has 6 saturated heterocycles. The standard InChI is InChI=1S/C55H82O25/c1-20-17-70-55(48(67)42(20)77-50-41(66)39(64)37(62)22(3)71-50)21(2)36-34(80-55)16-31-29-11-10-27-14-28(59)15-35(54(27,9)30(29)12-13-53(31,36)8)76-51-46(44(33(61)19-69-51)78-49-40(65)38(63)32(60)18-68-49)79-52-47(75-26(7)58)45(74-25(6)57)43(23(4)72-52)73-24(5)56/h10,21-23,28-52,59-67H,1,11-19H2,2-9H3/t21-,22?,23-,28+,29?,30?,31?,32+,33-,34-,35+,36+,37?,38-,39?,40+,41?,42-,43-,44-,45+,46+,47+,48-,49-,50?,51-,52-,53-,54-,55-/m0/s1. The monoisotopic (exact) mass is 1140 g/mol. The molecule has 31 atom stereocenters. The smallest absolute Gasteiger partial charge is 0.303 e. The zero-order valence-electron chi connectivity index (χ0n) is 46.4. The number of carbonyl (C=O) groups excluding carboxylic acids is 3. The third-order valence-electron chi connectivity index (χ3n) is 19.8. The van der Waals surface area contributed by atoms with E-state index in [0.29, 0.717) is 24.8 Å². The van der Waals surface area contributed by atoms with Gasteiger partial charge in [0, 0.05) is 38.5 Å². The van der Waals surface area contributed by atoms with Crippen LogP contribution < -0.4 is 0 Å². The van der Waals surface area contributed by atoms with Crippen LogP contribution in [-0.4, -0.2) is 231 Å². The second-order valence-corrected chi connectivity index (χ2v) is 24.6. The van der Waals surface area contributed by atoms with Crippen LogP contribution in [0.15, 0.2) is 23.8 Å². The lowest BCUT2D eigenvalue weighted by molar-refractivity contribution is -0.382. The van der Waals surface area contributed by atoms with Crippen LogP contribution in [0.5, 0.6) is 0 Å².